The van der Waals surface area contributed by atoms with Crippen LogP contribution in [0.5, 0.6) is 5.75 Å². The molecule has 2 aliphatic rings. The molecule has 2 aromatic rings. The summed E-state index contributed by atoms with van der Waals surface area (Å²) in [5, 5.41) is 11.1. The number of ether oxygens (including phenoxy) is 2. The lowest BCUT2D eigenvalue weighted by molar-refractivity contribution is -0.140. The van der Waals surface area contributed by atoms with Gasteiger partial charge in [-0.1, -0.05) is 24.3 Å². The second-order valence-electron chi connectivity index (χ2n) is 8.08. The van der Waals surface area contributed by atoms with Crippen molar-refractivity contribution in [3.63, 3.8) is 0 Å². The summed E-state index contributed by atoms with van der Waals surface area (Å²) in [6, 6.07) is 11.5. The predicted octanol–water partition coefficient (Wildman–Crippen LogP) is 2.98. The smallest absolute Gasteiger partial charge is 0.295 e. The monoisotopic (exact) mass is 454 g/mol. The number of likely N-dealkylation sites (tertiary alicyclic amines) is 1. The van der Waals surface area contributed by atoms with Crippen molar-refractivity contribution in [2.24, 2.45) is 0 Å². The van der Waals surface area contributed by atoms with E-state index in [0.717, 1.165) is 19.6 Å². The summed E-state index contributed by atoms with van der Waals surface area (Å²) in [5.41, 5.74) is 0.922. The van der Waals surface area contributed by atoms with Crippen molar-refractivity contribution in [3.8, 4) is 5.75 Å². The number of benzene rings is 2. The predicted molar refractivity (Wildman–Crippen MR) is 120 cm³/mol. The quantitative estimate of drug-likeness (QED) is 0.394. The van der Waals surface area contributed by atoms with Gasteiger partial charge in [-0.2, -0.15) is 0 Å². The first-order chi connectivity index (χ1) is 16.0. The van der Waals surface area contributed by atoms with Crippen molar-refractivity contribution in [1.29, 1.82) is 0 Å². The van der Waals surface area contributed by atoms with E-state index in [4.69, 9.17) is 9.47 Å². The minimum absolute atomic E-state index is 0.00812. The van der Waals surface area contributed by atoms with E-state index >= 15 is 0 Å². The molecule has 0 bridgehead atoms. The minimum atomic E-state index is -0.804. The zero-order valence-corrected chi connectivity index (χ0v) is 18.5. The Morgan fingerprint density at radius 2 is 1.85 bits per heavy atom. The van der Waals surface area contributed by atoms with Gasteiger partial charge in [0.25, 0.3) is 11.7 Å². The van der Waals surface area contributed by atoms with Crippen molar-refractivity contribution in [2.45, 2.75) is 12.5 Å². The molecule has 2 fully saturated rings. The summed E-state index contributed by atoms with van der Waals surface area (Å²) in [4.78, 5) is 29.8. The van der Waals surface area contributed by atoms with Crippen LogP contribution in [0, 0.1) is 5.82 Å². The Bertz CT molecular complexity index is 1050. The summed E-state index contributed by atoms with van der Waals surface area (Å²) in [6.07, 6.45) is 0.657. The average Bonchev–Trinajstić information content (AvgIpc) is 3.10. The molecule has 0 aromatic heterocycles. The molecule has 4 rings (SSSR count). The SMILES string of the molecule is COc1cccc(/C(O)=C2/C(=O)C(=O)N(CCCN3CCOCC3)C2c2ccc(F)cc2)c1. The van der Waals surface area contributed by atoms with Crippen LogP contribution in [0.1, 0.15) is 23.6 Å². The topological polar surface area (TPSA) is 79.3 Å². The summed E-state index contributed by atoms with van der Waals surface area (Å²) in [6.45, 7) is 4.12. The lowest BCUT2D eigenvalue weighted by Crippen LogP contribution is -2.38. The average molecular weight is 454 g/mol. The third kappa shape index (κ3) is 4.91. The minimum Gasteiger partial charge on any atom is -0.507 e. The summed E-state index contributed by atoms with van der Waals surface area (Å²) < 4.78 is 24.2. The highest BCUT2D eigenvalue weighted by atomic mass is 19.1. The largest absolute Gasteiger partial charge is 0.507 e. The second-order valence-corrected chi connectivity index (χ2v) is 8.08. The molecule has 1 N–H and O–H groups in total. The highest BCUT2D eigenvalue weighted by molar-refractivity contribution is 6.46. The zero-order chi connectivity index (χ0) is 23.4. The molecule has 1 amide bonds. The number of ketones is 1. The van der Waals surface area contributed by atoms with Gasteiger partial charge in [0.05, 0.1) is 31.9 Å². The number of halogens is 1. The van der Waals surface area contributed by atoms with Gasteiger partial charge in [0, 0.05) is 31.7 Å². The highest BCUT2D eigenvalue weighted by Gasteiger charge is 2.45. The van der Waals surface area contributed by atoms with E-state index in [-0.39, 0.29) is 11.3 Å². The number of carbonyl (C=O) groups is 2. The van der Waals surface area contributed by atoms with Gasteiger partial charge in [-0.25, -0.2) is 4.39 Å². The fourth-order valence-corrected chi connectivity index (χ4v) is 4.32. The van der Waals surface area contributed by atoms with Crippen molar-refractivity contribution in [1.82, 2.24) is 9.80 Å². The van der Waals surface area contributed by atoms with Crippen LogP contribution in [0.25, 0.3) is 5.76 Å². The first-order valence-corrected chi connectivity index (χ1v) is 11.0. The standard InChI is InChI=1S/C25H27FN2O5/c1-32-20-5-2-4-18(16-20)23(29)21-22(17-6-8-19(26)9-7-17)28(25(31)24(21)30)11-3-10-27-12-14-33-15-13-27/h2,4-9,16,22,29H,3,10-15H2,1H3/b23-21-. The number of amides is 1. The molecule has 2 aromatic carbocycles. The van der Waals surface area contributed by atoms with E-state index in [1.165, 1.54) is 24.1 Å². The molecule has 8 heteroatoms. The van der Waals surface area contributed by atoms with Gasteiger partial charge in [0.1, 0.15) is 17.3 Å². The van der Waals surface area contributed by atoms with Crippen LogP contribution in [0.3, 0.4) is 0 Å². The van der Waals surface area contributed by atoms with E-state index in [2.05, 4.69) is 4.90 Å². The molecule has 0 spiro atoms. The van der Waals surface area contributed by atoms with Gasteiger partial charge in [0.15, 0.2) is 0 Å². The first kappa shape index (κ1) is 22.9. The van der Waals surface area contributed by atoms with Gasteiger partial charge in [-0.3, -0.25) is 14.5 Å². The lowest BCUT2D eigenvalue weighted by atomic mass is 9.95. The molecule has 0 aliphatic carbocycles. The Labute approximate surface area is 192 Å². The van der Waals surface area contributed by atoms with E-state index in [1.807, 2.05) is 0 Å². The van der Waals surface area contributed by atoms with Gasteiger partial charge < -0.3 is 19.5 Å². The third-order valence-corrected chi connectivity index (χ3v) is 6.05. The van der Waals surface area contributed by atoms with Crippen molar-refractivity contribution < 1.29 is 28.6 Å². The third-order valence-electron chi connectivity index (χ3n) is 6.05. The van der Waals surface area contributed by atoms with Crippen LogP contribution in [-0.2, 0) is 14.3 Å². The van der Waals surface area contributed by atoms with Crippen molar-refractivity contribution in [2.75, 3.05) is 46.5 Å². The van der Waals surface area contributed by atoms with Crippen LogP contribution >= 0.6 is 0 Å². The molecule has 2 saturated heterocycles. The Kier molecular flexibility index (Phi) is 7.05. The number of morpholine rings is 1. The van der Waals surface area contributed by atoms with Gasteiger partial charge in [-0.05, 0) is 36.2 Å². The number of methoxy groups -OCH3 is 1. The van der Waals surface area contributed by atoms with Crippen molar-refractivity contribution >= 4 is 17.4 Å². The maximum Gasteiger partial charge on any atom is 0.295 e. The van der Waals surface area contributed by atoms with Crippen LogP contribution < -0.4 is 4.74 Å². The molecule has 33 heavy (non-hydrogen) atoms. The summed E-state index contributed by atoms with van der Waals surface area (Å²) >= 11 is 0. The van der Waals surface area contributed by atoms with E-state index in [0.29, 0.717) is 43.1 Å². The van der Waals surface area contributed by atoms with Gasteiger partial charge in [0.2, 0.25) is 0 Å². The molecular weight excluding hydrogens is 427 g/mol. The molecule has 1 unspecified atom stereocenters. The number of nitrogens with zero attached hydrogens (tertiary/aromatic N) is 2. The number of hydrogen-bond acceptors (Lipinski definition) is 6. The van der Waals surface area contributed by atoms with Crippen LogP contribution in [0.4, 0.5) is 4.39 Å². The van der Waals surface area contributed by atoms with E-state index < -0.39 is 23.5 Å². The molecule has 0 saturated carbocycles. The Morgan fingerprint density at radius 1 is 1.12 bits per heavy atom. The number of aliphatic hydroxyl groups is 1. The zero-order valence-electron chi connectivity index (χ0n) is 18.5. The number of rotatable bonds is 7. The number of carbonyl (C=O) groups excluding carboxylic acids is 2. The molecule has 2 aliphatic heterocycles. The maximum absolute atomic E-state index is 13.6. The maximum atomic E-state index is 13.6. The number of Topliss-reactive ketones (excluding diaryl/α,β-unsaturated/α-hetero) is 1. The Morgan fingerprint density at radius 3 is 2.55 bits per heavy atom. The summed E-state index contributed by atoms with van der Waals surface area (Å²) in [5.74, 6) is -1.61. The number of aliphatic hydroxyl groups excluding tert-OH is 1. The van der Waals surface area contributed by atoms with Crippen LogP contribution in [0.2, 0.25) is 0 Å². The van der Waals surface area contributed by atoms with E-state index in [9.17, 15) is 19.1 Å². The fraction of sp³-hybridized carbons (Fsp3) is 0.360. The summed E-state index contributed by atoms with van der Waals surface area (Å²) in [7, 11) is 1.51. The second kappa shape index (κ2) is 10.1. The molecule has 1 atom stereocenters. The molecule has 0 radical (unpaired) electrons. The first-order valence-electron chi connectivity index (χ1n) is 11.0. The normalized spacial score (nSPS) is 20.9. The van der Waals surface area contributed by atoms with Crippen LogP contribution in [-0.4, -0.2) is 73.1 Å². The van der Waals surface area contributed by atoms with Gasteiger partial charge >= 0.3 is 0 Å². The van der Waals surface area contributed by atoms with Gasteiger partial charge in [-0.15, -0.1) is 0 Å². The molecule has 7 nitrogen and oxygen atoms in total. The Balaban J connectivity index is 1.67. The molecule has 2 heterocycles. The number of hydrogen-bond donors (Lipinski definition) is 1. The lowest BCUT2D eigenvalue weighted by Gasteiger charge is -2.29. The van der Waals surface area contributed by atoms with E-state index in [1.54, 1.807) is 36.4 Å². The molecule has 174 valence electrons. The van der Waals surface area contributed by atoms with Crippen molar-refractivity contribution in [3.05, 3.63) is 71.0 Å². The fourth-order valence-electron chi connectivity index (χ4n) is 4.32. The molecular formula is C25H27FN2O5. The Hall–Kier alpha value is -3.23. The van der Waals surface area contributed by atoms with Crippen LogP contribution in [0.15, 0.2) is 54.1 Å². The highest BCUT2D eigenvalue weighted by Crippen LogP contribution is 2.39.